The number of benzene rings is 2. The average molecular weight is 354 g/mol. The predicted molar refractivity (Wildman–Crippen MR) is 77.4 cm³/mol. The van der Waals surface area contributed by atoms with E-state index in [0.29, 0.717) is 5.02 Å². The molecule has 1 N–H and O–H groups in total. The van der Waals surface area contributed by atoms with Gasteiger partial charge in [-0.25, -0.2) is 0 Å². The molecule has 0 aliphatic heterocycles. The van der Waals surface area contributed by atoms with Crippen LogP contribution in [0.1, 0.15) is 0 Å². The lowest BCUT2D eigenvalue weighted by Gasteiger charge is -2.10. The molecular formula is C12H7Cl3O4S. The number of rotatable bonds is 3. The zero-order chi connectivity index (χ0) is 14.9. The second kappa shape index (κ2) is 5.69. The first-order valence-electron chi connectivity index (χ1n) is 5.18. The molecule has 0 amide bonds. The van der Waals surface area contributed by atoms with E-state index in [0.717, 1.165) is 0 Å². The van der Waals surface area contributed by atoms with Crippen LogP contribution >= 0.6 is 34.8 Å². The summed E-state index contributed by atoms with van der Waals surface area (Å²) in [5.41, 5.74) is 0. The van der Waals surface area contributed by atoms with E-state index in [4.69, 9.17) is 39.0 Å². The summed E-state index contributed by atoms with van der Waals surface area (Å²) in [5.74, 6) is -0.447. The topological polar surface area (TPSA) is 63.6 Å². The molecule has 2 aromatic carbocycles. The van der Waals surface area contributed by atoms with Crippen molar-refractivity contribution in [2.24, 2.45) is 0 Å². The Bertz CT molecular complexity index is 742. The third kappa shape index (κ3) is 3.12. The van der Waals surface area contributed by atoms with Crippen molar-refractivity contribution in [2.45, 2.75) is 4.90 Å². The molecule has 106 valence electrons. The Kier molecular flexibility index (Phi) is 4.34. The van der Waals surface area contributed by atoms with E-state index in [1.165, 1.54) is 36.4 Å². The Morgan fingerprint density at radius 1 is 0.900 bits per heavy atom. The Morgan fingerprint density at radius 3 is 2.10 bits per heavy atom. The highest BCUT2D eigenvalue weighted by atomic mass is 35.5. The van der Waals surface area contributed by atoms with Crippen LogP contribution < -0.4 is 4.18 Å². The summed E-state index contributed by atoms with van der Waals surface area (Å²) < 4.78 is 29.0. The van der Waals surface area contributed by atoms with E-state index in [1.807, 2.05) is 0 Å². The normalized spacial score (nSPS) is 11.3. The van der Waals surface area contributed by atoms with Crippen LogP contribution in [0.3, 0.4) is 0 Å². The molecule has 0 saturated carbocycles. The molecule has 0 saturated heterocycles. The lowest BCUT2D eigenvalue weighted by Crippen LogP contribution is -2.09. The number of phenolic OH excluding ortho intramolecular Hbond substituents is 1. The van der Waals surface area contributed by atoms with Crippen molar-refractivity contribution in [2.75, 3.05) is 0 Å². The van der Waals surface area contributed by atoms with Crippen molar-refractivity contribution >= 4 is 44.9 Å². The molecule has 0 heterocycles. The molecular weight excluding hydrogens is 347 g/mol. The minimum Gasteiger partial charge on any atom is -0.506 e. The lowest BCUT2D eigenvalue weighted by molar-refractivity contribution is 0.469. The van der Waals surface area contributed by atoms with Crippen LogP contribution in [0, 0.1) is 0 Å². The van der Waals surface area contributed by atoms with Gasteiger partial charge in [0.25, 0.3) is 0 Å². The molecule has 0 spiro atoms. The minimum absolute atomic E-state index is 0.0813. The molecule has 0 fully saturated rings. The van der Waals surface area contributed by atoms with Gasteiger partial charge in [-0.2, -0.15) is 8.42 Å². The molecule has 4 nitrogen and oxygen atoms in total. The average Bonchev–Trinajstić information content (AvgIpc) is 2.40. The van der Waals surface area contributed by atoms with Gasteiger partial charge in [0.1, 0.15) is 20.7 Å². The molecule has 0 unspecified atom stereocenters. The fourth-order valence-electron chi connectivity index (χ4n) is 1.35. The molecule has 0 aliphatic rings. The summed E-state index contributed by atoms with van der Waals surface area (Å²) in [6.07, 6.45) is 0. The summed E-state index contributed by atoms with van der Waals surface area (Å²) in [4.78, 5) is -0.0813. The first kappa shape index (κ1) is 15.3. The minimum atomic E-state index is -4.07. The van der Waals surface area contributed by atoms with Crippen LogP contribution in [0.5, 0.6) is 11.5 Å². The molecule has 0 bridgehead atoms. The summed E-state index contributed by atoms with van der Waals surface area (Å²) >= 11 is 17.2. The summed E-state index contributed by atoms with van der Waals surface area (Å²) in [6, 6.07) is 7.82. The van der Waals surface area contributed by atoms with Gasteiger partial charge in [0.05, 0.1) is 0 Å². The van der Waals surface area contributed by atoms with Crippen molar-refractivity contribution in [3.63, 3.8) is 0 Å². The van der Waals surface area contributed by atoms with Crippen molar-refractivity contribution in [1.29, 1.82) is 0 Å². The molecule has 8 heteroatoms. The molecule has 2 rings (SSSR count). The lowest BCUT2D eigenvalue weighted by atomic mass is 10.3. The first-order chi connectivity index (χ1) is 9.31. The van der Waals surface area contributed by atoms with Gasteiger partial charge in [-0.1, -0.05) is 34.8 Å². The first-order valence-corrected chi connectivity index (χ1v) is 7.72. The molecule has 0 aliphatic carbocycles. The Balaban J connectivity index is 2.38. The summed E-state index contributed by atoms with van der Waals surface area (Å²) in [6.45, 7) is 0. The zero-order valence-electron chi connectivity index (χ0n) is 9.68. The quantitative estimate of drug-likeness (QED) is 0.843. The van der Waals surface area contributed by atoms with Crippen molar-refractivity contribution in [1.82, 2.24) is 0 Å². The highest BCUT2D eigenvalue weighted by Gasteiger charge is 2.20. The van der Waals surface area contributed by atoms with Gasteiger partial charge in [-0.15, -0.1) is 0 Å². The van der Waals surface area contributed by atoms with Crippen LogP contribution in [0.4, 0.5) is 0 Å². The maximum Gasteiger partial charge on any atom is 0.339 e. The van der Waals surface area contributed by atoms with Gasteiger partial charge in [0.2, 0.25) is 0 Å². The standard InChI is InChI=1S/C12H7Cl3O4S/c13-7-1-3-8(4-2-7)20(17,18)19-10-6-5-9(16)11(14)12(10)15/h1-6,16H. The van der Waals surface area contributed by atoms with Crippen LogP contribution in [-0.4, -0.2) is 13.5 Å². The third-order valence-electron chi connectivity index (χ3n) is 2.33. The number of aromatic hydroxyl groups is 1. The summed E-state index contributed by atoms with van der Waals surface area (Å²) in [5, 5.41) is 9.36. The largest absolute Gasteiger partial charge is 0.506 e. The fourth-order valence-corrected chi connectivity index (χ4v) is 2.82. The van der Waals surface area contributed by atoms with Gasteiger partial charge < -0.3 is 9.29 Å². The fraction of sp³-hybridized carbons (Fsp3) is 0. The van der Waals surface area contributed by atoms with Crippen molar-refractivity contribution < 1.29 is 17.7 Å². The van der Waals surface area contributed by atoms with Crippen molar-refractivity contribution in [3.8, 4) is 11.5 Å². The van der Waals surface area contributed by atoms with Gasteiger partial charge in [0, 0.05) is 5.02 Å². The Labute approximate surface area is 130 Å². The van der Waals surface area contributed by atoms with Gasteiger partial charge in [-0.3, -0.25) is 0 Å². The second-order valence-corrected chi connectivity index (χ2v) is 6.44. The van der Waals surface area contributed by atoms with E-state index in [2.05, 4.69) is 0 Å². The Hall–Kier alpha value is -1.14. The van der Waals surface area contributed by atoms with Crippen LogP contribution in [0.2, 0.25) is 15.1 Å². The van der Waals surface area contributed by atoms with Crippen LogP contribution in [-0.2, 0) is 10.1 Å². The maximum absolute atomic E-state index is 12.0. The number of phenols is 1. The SMILES string of the molecule is O=S(=O)(Oc1ccc(O)c(Cl)c1Cl)c1ccc(Cl)cc1. The van der Waals surface area contributed by atoms with E-state index in [-0.39, 0.29) is 26.4 Å². The monoisotopic (exact) mass is 352 g/mol. The van der Waals surface area contributed by atoms with Crippen LogP contribution in [0.15, 0.2) is 41.3 Å². The molecule has 0 atom stereocenters. The van der Waals surface area contributed by atoms with Gasteiger partial charge in [0.15, 0.2) is 5.75 Å². The van der Waals surface area contributed by atoms with Crippen molar-refractivity contribution in [3.05, 3.63) is 51.5 Å². The third-order valence-corrected chi connectivity index (χ3v) is 4.68. The smallest absolute Gasteiger partial charge is 0.339 e. The zero-order valence-corrected chi connectivity index (χ0v) is 12.8. The number of hydrogen-bond donors (Lipinski definition) is 1. The highest BCUT2D eigenvalue weighted by Crippen LogP contribution is 2.39. The van der Waals surface area contributed by atoms with E-state index in [9.17, 15) is 13.5 Å². The highest BCUT2D eigenvalue weighted by molar-refractivity contribution is 7.87. The summed E-state index contributed by atoms with van der Waals surface area (Å²) in [7, 11) is -4.07. The van der Waals surface area contributed by atoms with Crippen LogP contribution in [0.25, 0.3) is 0 Å². The molecule has 0 radical (unpaired) electrons. The van der Waals surface area contributed by atoms with Gasteiger partial charge in [-0.05, 0) is 36.4 Å². The van der Waals surface area contributed by atoms with E-state index >= 15 is 0 Å². The molecule has 0 aromatic heterocycles. The molecule has 20 heavy (non-hydrogen) atoms. The predicted octanol–water partition coefficient (Wildman–Crippen LogP) is 4.12. The number of halogens is 3. The maximum atomic E-state index is 12.0. The number of hydrogen-bond acceptors (Lipinski definition) is 4. The second-order valence-electron chi connectivity index (χ2n) is 3.70. The van der Waals surface area contributed by atoms with E-state index < -0.39 is 10.1 Å². The molecule has 2 aromatic rings. The van der Waals surface area contributed by atoms with E-state index in [1.54, 1.807) is 0 Å². The Morgan fingerprint density at radius 2 is 1.50 bits per heavy atom. The van der Waals surface area contributed by atoms with Gasteiger partial charge >= 0.3 is 10.1 Å².